The first kappa shape index (κ1) is 20.8. The van der Waals surface area contributed by atoms with E-state index in [1.54, 1.807) is 6.20 Å². The molecule has 0 N–H and O–H groups in total. The van der Waals surface area contributed by atoms with Crippen LogP contribution in [0.4, 0.5) is 0 Å². The summed E-state index contributed by atoms with van der Waals surface area (Å²) in [5.41, 5.74) is 1.13. The smallest absolute Gasteiger partial charge is 0.226 e. The van der Waals surface area contributed by atoms with E-state index in [2.05, 4.69) is 20.9 Å². The van der Waals surface area contributed by atoms with Gasteiger partial charge in [-0.05, 0) is 62.6 Å². The summed E-state index contributed by atoms with van der Waals surface area (Å²) in [7, 11) is 0. The number of rotatable bonds is 6. The number of likely N-dealkylation sites (tertiary alicyclic amines) is 1. The van der Waals surface area contributed by atoms with Crippen molar-refractivity contribution in [3.8, 4) is 0 Å². The average molecular weight is 400 g/mol. The predicted molar refractivity (Wildman–Crippen MR) is 114 cm³/mol. The molecule has 5 heteroatoms. The molecule has 4 rings (SSSR count). The minimum absolute atomic E-state index is 0.124. The molecule has 1 amide bonds. The standard InChI is InChI=1S/C24H37N3O2/c28-24(22-10-14-29-15-11-22)27(17-20-6-4-12-25-16-20)19-21-7-5-13-26(18-21)23-8-2-1-3-9-23/h4,6,12,16,21-23H,1-3,5,7-11,13-15,17-19H2. The van der Waals surface area contributed by atoms with Crippen molar-refractivity contribution in [3.05, 3.63) is 30.1 Å². The summed E-state index contributed by atoms with van der Waals surface area (Å²) in [6.45, 7) is 5.41. The maximum Gasteiger partial charge on any atom is 0.226 e. The molecular formula is C24H37N3O2. The van der Waals surface area contributed by atoms with Crippen LogP contribution in [0.1, 0.15) is 63.4 Å². The van der Waals surface area contributed by atoms with Crippen molar-refractivity contribution in [2.75, 3.05) is 32.8 Å². The lowest BCUT2D eigenvalue weighted by Gasteiger charge is -2.41. The molecule has 1 unspecified atom stereocenters. The number of amides is 1. The van der Waals surface area contributed by atoms with Crippen LogP contribution in [-0.4, -0.2) is 59.6 Å². The van der Waals surface area contributed by atoms with Crippen LogP contribution in [0.5, 0.6) is 0 Å². The van der Waals surface area contributed by atoms with Gasteiger partial charge in [0.05, 0.1) is 0 Å². The van der Waals surface area contributed by atoms with Gasteiger partial charge in [-0.3, -0.25) is 9.78 Å². The van der Waals surface area contributed by atoms with E-state index in [9.17, 15) is 4.79 Å². The maximum absolute atomic E-state index is 13.4. The number of hydrogen-bond acceptors (Lipinski definition) is 4. The second kappa shape index (κ2) is 10.5. The fourth-order valence-corrected chi connectivity index (χ4v) is 5.48. The summed E-state index contributed by atoms with van der Waals surface area (Å²) in [4.78, 5) is 22.5. The summed E-state index contributed by atoms with van der Waals surface area (Å²) < 4.78 is 5.49. The third-order valence-electron chi connectivity index (χ3n) is 7.10. The van der Waals surface area contributed by atoms with Crippen LogP contribution < -0.4 is 0 Å². The van der Waals surface area contributed by atoms with Gasteiger partial charge in [-0.2, -0.15) is 0 Å². The van der Waals surface area contributed by atoms with E-state index in [1.807, 2.05) is 12.3 Å². The fourth-order valence-electron chi connectivity index (χ4n) is 5.48. The number of piperidine rings is 1. The van der Waals surface area contributed by atoms with Gasteiger partial charge in [0.1, 0.15) is 0 Å². The Hall–Kier alpha value is -1.46. The Kier molecular flexibility index (Phi) is 7.55. The molecule has 1 aliphatic carbocycles. The van der Waals surface area contributed by atoms with Gasteiger partial charge in [0.25, 0.3) is 0 Å². The third kappa shape index (κ3) is 5.79. The molecule has 29 heavy (non-hydrogen) atoms. The highest BCUT2D eigenvalue weighted by molar-refractivity contribution is 5.79. The molecule has 1 aromatic rings. The zero-order chi connectivity index (χ0) is 19.9. The van der Waals surface area contributed by atoms with Gasteiger partial charge in [-0.15, -0.1) is 0 Å². The lowest BCUT2D eigenvalue weighted by molar-refractivity contribution is -0.140. The van der Waals surface area contributed by atoms with Crippen molar-refractivity contribution >= 4 is 5.91 Å². The first-order valence-corrected chi connectivity index (χ1v) is 11.8. The van der Waals surface area contributed by atoms with E-state index < -0.39 is 0 Å². The van der Waals surface area contributed by atoms with Crippen LogP contribution in [0, 0.1) is 11.8 Å². The monoisotopic (exact) mass is 399 g/mol. The summed E-state index contributed by atoms with van der Waals surface area (Å²) >= 11 is 0. The number of carbonyl (C=O) groups is 1. The maximum atomic E-state index is 13.4. The molecule has 160 valence electrons. The Morgan fingerprint density at radius 1 is 1.10 bits per heavy atom. The third-order valence-corrected chi connectivity index (χ3v) is 7.10. The molecule has 3 aliphatic rings. The van der Waals surface area contributed by atoms with Gasteiger partial charge < -0.3 is 14.5 Å². The van der Waals surface area contributed by atoms with Gasteiger partial charge in [-0.25, -0.2) is 0 Å². The average Bonchev–Trinajstić information content (AvgIpc) is 2.80. The molecule has 0 spiro atoms. The van der Waals surface area contributed by atoms with Crippen LogP contribution in [0.2, 0.25) is 0 Å². The molecule has 2 aliphatic heterocycles. The van der Waals surface area contributed by atoms with Gasteiger partial charge in [-0.1, -0.05) is 25.3 Å². The lowest BCUT2D eigenvalue weighted by atomic mass is 9.89. The van der Waals surface area contributed by atoms with Crippen molar-refractivity contribution in [1.29, 1.82) is 0 Å². The first-order valence-electron chi connectivity index (χ1n) is 11.8. The van der Waals surface area contributed by atoms with Gasteiger partial charge in [0.2, 0.25) is 5.91 Å². The van der Waals surface area contributed by atoms with Crippen LogP contribution in [-0.2, 0) is 16.1 Å². The van der Waals surface area contributed by atoms with Crippen molar-refractivity contribution in [1.82, 2.24) is 14.8 Å². The highest BCUT2D eigenvalue weighted by Gasteiger charge is 2.31. The summed E-state index contributed by atoms with van der Waals surface area (Å²) in [6, 6.07) is 4.84. The quantitative estimate of drug-likeness (QED) is 0.728. The van der Waals surface area contributed by atoms with E-state index in [-0.39, 0.29) is 5.92 Å². The molecule has 2 saturated heterocycles. The highest BCUT2D eigenvalue weighted by Crippen LogP contribution is 2.28. The van der Waals surface area contributed by atoms with Crippen molar-refractivity contribution in [2.24, 2.45) is 11.8 Å². The first-order chi connectivity index (χ1) is 14.3. The van der Waals surface area contributed by atoms with E-state index in [0.717, 1.165) is 50.8 Å². The largest absolute Gasteiger partial charge is 0.381 e. The number of aromatic nitrogens is 1. The molecule has 1 saturated carbocycles. The minimum Gasteiger partial charge on any atom is -0.381 e. The second-order valence-corrected chi connectivity index (χ2v) is 9.26. The van der Waals surface area contributed by atoms with E-state index in [0.29, 0.717) is 18.4 Å². The summed E-state index contributed by atoms with van der Waals surface area (Å²) in [5.74, 6) is 1.04. The second-order valence-electron chi connectivity index (χ2n) is 9.26. The molecule has 5 nitrogen and oxygen atoms in total. The zero-order valence-electron chi connectivity index (χ0n) is 17.8. The van der Waals surface area contributed by atoms with Gasteiger partial charge in [0.15, 0.2) is 0 Å². The Morgan fingerprint density at radius 2 is 1.93 bits per heavy atom. The van der Waals surface area contributed by atoms with Gasteiger partial charge >= 0.3 is 0 Å². The summed E-state index contributed by atoms with van der Waals surface area (Å²) in [5, 5.41) is 0. The zero-order valence-corrected chi connectivity index (χ0v) is 17.8. The topological polar surface area (TPSA) is 45.7 Å². The predicted octanol–water partition coefficient (Wildman–Crippen LogP) is 3.88. The Morgan fingerprint density at radius 3 is 2.69 bits per heavy atom. The number of pyridine rings is 1. The van der Waals surface area contributed by atoms with Crippen LogP contribution in [0.3, 0.4) is 0 Å². The fraction of sp³-hybridized carbons (Fsp3) is 0.750. The normalized spacial score (nSPS) is 25.0. The molecule has 3 heterocycles. The highest BCUT2D eigenvalue weighted by atomic mass is 16.5. The SMILES string of the molecule is O=C(C1CCOCC1)N(Cc1cccnc1)CC1CCCN(C2CCCCC2)C1. The Bertz CT molecular complexity index is 626. The number of nitrogens with zero attached hydrogens (tertiary/aromatic N) is 3. The molecular weight excluding hydrogens is 362 g/mol. The van der Waals surface area contributed by atoms with Crippen molar-refractivity contribution in [3.63, 3.8) is 0 Å². The molecule has 3 fully saturated rings. The van der Waals surface area contributed by atoms with Crippen LogP contribution in [0.15, 0.2) is 24.5 Å². The molecule has 0 bridgehead atoms. The minimum atomic E-state index is 0.124. The molecule has 1 atom stereocenters. The Labute approximate surface area is 175 Å². The van der Waals surface area contributed by atoms with E-state index in [1.165, 1.54) is 51.5 Å². The Balaban J connectivity index is 1.41. The van der Waals surface area contributed by atoms with E-state index >= 15 is 0 Å². The lowest BCUT2D eigenvalue weighted by Crippen LogP contribution is -2.48. The number of hydrogen-bond donors (Lipinski definition) is 0. The summed E-state index contributed by atoms with van der Waals surface area (Å²) in [6.07, 6.45) is 14.9. The molecule has 1 aromatic heterocycles. The van der Waals surface area contributed by atoms with E-state index in [4.69, 9.17) is 4.74 Å². The van der Waals surface area contributed by atoms with Crippen LogP contribution in [0.25, 0.3) is 0 Å². The molecule has 0 radical (unpaired) electrons. The number of ether oxygens (including phenoxy) is 1. The van der Waals surface area contributed by atoms with Crippen molar-refractivity contribution < 1.29 is 9.53 Å². The van der Waals surface area contributed by atoms with Crippen LogP contribution >= 0.6 is 0 Å². The molecule has 0 aromatic carbocycles. The van der Waals surface area contributed by atoms with Gasteiger partial charge in [0, 0.05) is 57.2 Å². The number of carbonyl (C=O) groups excluding carboxylic acids is 1. The van der Waals surface area contributed by atoms with Crippen molar-refractivity contribution in [2.45, 2.75) is 70.4 Å².